The number of primary amides is 1. The van der Waals surface area contributed by atoms with Gasteiger partial charge in [0.1, 0.15) is 5.69 Å². The molecule has 5 rings (SSSR count). The van der Waals surface area contributed by atoms with Crippen LogP contribution in [0.3, 0.4) is 0 Å². The molecule has 8 nitrogen and oxygen atoms in total. The quantitative estimate of drug-likeness (QED) is 0.420. The fourth-order valence-corrected chi connectivity index (χ4v) is 4.87. The molecule has 1 fully saturated rings. The highest BCUT2D eigenvalue weighted by atomic mass is 19.2. The van der Waals surface area contributed by atoms with E-state index in [4.69, 9.17) is 10.5 Å². The van der Waals surface area contributed by atoms with Crippen molar-refractivity contribution in [2.45, 2.75) is 31.8 Å². The number of halogens is 2. The lowest BCUT2D eigenvalue weighted by atomic mass is 9.93. The molecule has 0 spiro atoms. The molecule has 0 aliphatic carbocycles. The van der Waals surface area contributed by atoms with Crippen LogP contribution in [0.25, 0.3) is 21.9 Å². The highest BCUT2D eigenvalue weighted by Crippen LogP contribution is 2.42. The van der Waals surface area contributed by atoms with E-state index in [0.717, 1.165) is 34.4 Å². The number of amides is 2. The maximum Gasteiger partial charge on any atom is 0.312 e. The standard InChI is InChI=1S/C24H24F2N6O2/c1-12-22(14-5-3-4-6-17(14)28-12)32-8-7-13(29-24(27)33)9-20(32)21-23(34-2)31-19-11-16(26)15(25)10-18(19)30-21/h3-6,10-11,13,20,28H,7-9H2,1-2H3,(H3,27,29,33). The summed E-state index contributed by atoms with van der Waals surface area (Å²) in [7, 11) is 1.46. The van der Waals surface area contributed by atoms with Crippen LogP contribution in [-0.4, -0.2) is 40.7 Å². The number of anilines is 1. The number of hydrogen-bond donors (Lipinski definition) is 3. The van der Waals surface area contributed by atoms with Crippen molar-refractivity contribution in [3.8, 4) is 5.88 Å². The summed E-state index contributed by atoms with van der Waals surface area (Å²) < 4.78 is 33.3. The number of nitrogens with one attached hydrogen (secondary N) is 2. The van der Waals surface area contributed by atoms with Gasteiger partial charge in [-0.2, -0.15) is 0 Å². The number of methoxy groups -OCH3 is 1. The lowest BCUT2D eigenvalue weighted by Crippen LogP contribution is -2.48. The predicted molar refractivity (Wildman–Crippen MR) is 125 cm³/mol. The van der Waals surface area contributed by atoms with Crippen LogP contribution in [0.2, 0.25) is 0 Å². The first-order chi connectivity index (χ1) is 16.4. The van der Waals surface area contributed by atoms with Gasteiger partial charge in [-0.25, -0.2) is 23.5 Å². The Morgan fingerprint density at radius 2 is 1.91 bits per heavy atom. The Morgan fingerprint density at radius 1 is 1.21 bits per heavy atom. The Kier molecular flexibility index (Phi) is 5.43. The molecule has 2 aromatic heterocycles. The smallest absolute Gasteiger partial charge is 0.312 e. The molecule has 0 bridgehead atoms. The van der Waals surface area contributed by atoms with Crippen LogP contribution in [0.1, 0.15) is 30.3 Å². The minimum Gasteiger partial charge on any atom is -0.480 e. The van der Waals surface area contributed by atoms with Crippen LogP contribution in [0.4, 0.5) is 19.3 Å². The van der Waals surface area contributed by atoms with Gasteiger partial charge in [0, 0.05) is 41.3 Å². The van der Waals surface area contributed by atoms with E-state index in [0.29, 0.717) is 25.1 Å². The number of para-hydroxylation sites is 1. The number of piperidine rings is 1. The monoisotopic (exact) mass is 466 g/mol. The van der Waals surface area contributed by atoms with Crippen molar-refractivity contribution in [3.63, 3.8) is 0 Å². The molecule has 3 heterocycles. The van der Waals surface area contributed by atoms with Crippen molar-refractivity contribution in [2.75, 3.05) is 18.6 Å². The van der Waals surface area contributed by atoms with Crippen molar-refractivity contribution in [1.82, 2.24) is 20.3 Å². The number of aryl methyl sites for hydroxylation is 1. The maximum atomic E-state index is 14.0. The van der Waals surface area contributed by atoms with Crippen LogP contribution >= 0.6 is 0 Å². The normalized spacial score (nSPS) is 18.4. The highest BCUT2D eigenvalue weighted by Gasteiger charge is 2.36. The van der Waals surface area contributed by atoms with E-state index in [1.807, 2.05) is 31.2 Å². The summed E-state index contributed by atoms with van der Waals surface area (Å²) in [6.45, 7) is 2.60. The number of urea groups is 1. The van der Waals surface area contributed by atoms with Crippen LogP contribution in [0.5, 0.6) is 5.88 Å². The number of carbonyl (C=O) groups is 1. The number of carbonyl (C=O) groups excluding carboxylic acids is 1. The van der Waals surface area contributed by atoms with Gasteiger partial charge in [-0.3, -0.25) is 0 Å². The summed E-state index contributed by atoms with van der Waals surface area (Å²) in [5.74, 6) is -1.79. The number of nitrogens with two attached hydrogens (primary N) is 1. The zero-order valence-electron chi connectivity index (χ0n) is 18.7. The Morgan fingerprint density at radius 3 is 2.62 bits per heavy atom. The summed E-state index contributed by atoms with van der Waals surface area (Å²) in [4.78, 5) is 26.3. The Balaban J connectivity index is 1.68. The number of aromatic nitrogens is 3. The molecular weight excluding hydrogens is 442 g/mol. The van der Waals surface area contributed by atoms with Gasteiger partial charge in [-0.15, -0.1) is 0 Å². The summed E-state index contributed by atoms with van der Waals surface area (Å²) in [6.07, 6.45) is 1.14. The van der Waals surface area contributed by atoms with Crippen molar-refractivity contribution in [3.05, 3.63) is 59.4 Å². The number of ether oxygens (including phenoxy) is 1. The summed E-state index contributed by atoms with van der Waals surface area (Å²) in [5, 5.41) is 3.84. The van der Waals surface area contributed by atoms with Gasteiger partial charge in [0.15, 0.2) is 11.6 Å². The zero-order valence-corrected chi connectivity index (χ0v) is 18.7. The number of benzene rings is 2. The first kappa shape index (κ1) is 21.9. The molecule has 2 aromatic carbocycles. The number of hydrogen-bond acceptors (Lipinski definition) is 5. The molecule has 176 valence electrons. The van der Waals surface area contributed by atoms with E-state index in [9.17, 15) is 13.6 Å². The molecule has 1 aliphatic heterocycles. The highest BCUT2D eigenvalue weighted by molar-refractivity contribution is 5.95. The molecule has 2 amide bonds. The van der Waals surface area contributed by atoms with Gasteiger partial charge in [-0.1, -0.05) is 18.2 Å². The van der Waals surface area contributed by atoms with E-state index < -0.39 is 17.7 Å². The molecular formula is C24H24F2N6O2. The zero-order chi connectivity index (χ0) is 24.0. The SMILES string of the molecule is COc1nc2cc(F)c(F)cc2nc1C1CC(NC(N)=O)CCN1c1c(C)[nH]c2ccccc12. The lowest BCUT2D eigenvalue weighted by Gasteiger charge is -2.41. The van der Waals surface area contributed by atoms with Gasteiger partial charge in [0.25, 0.3) is 0 Å². The van der Waals surface area contributed by atoms with Gasteiger partial charge < -0.3 is 25.7 Å². The third kappa shape index (κ3) is 3.74. The number of nitrogens with zero attached hydrogens (tertiary/aromatic N) is 3. The van der Waals surface area contributed by atoms with Crippen molar-refractivity contribution in [1.29, 1.82) is 0 Å². The fraction of sp³-hybridized carbons (Fsp3) is 0.292. The Bertz CT molecular complexity index is 1410. The minimum atomic E-state index is -1.00. The number of fused-ring (bicyclic) bond motifs is 2. The molecule has 0 saturated carbocycles. The van der Waals surface area contributed by atoms with Crippen molar-refractivity contribution in [2.24, 2.45) is 5.73 Å². The average Bonchev–Trinajstić information content (AvgIpc) is 3.14. The Labute approximate surface area is 194 Å². The second-order valence-electron chi connectivity index (χ2n) is 8.46. The summed E-state index contributed by atoms with van der Waals surface area (Å²) in [6, 6.07) is 8.86. The van der Waals surface area contributed by atoms with Gasteiger partial charge in [0.2, 0.25) is 5.88 Å². The second kappa shape index (κ2) is 8.44. The molecule has 1 aliphatic rings. The molecule has 4 aromatic rings. The predicted octanol–water partition coefficient (Wildman–Crippen LogP) is 4.08. The third-order valence-corrected chi connectivity index (χ3v) is 6.30. The topological polar surface area (TPSA) is 109 Å². The average molecular weight is 466 g/mol. The van der Waals surface area contributed by atoms with Gasteiger partial charge in [-0.05, 0) is 25.8 Å². The van der Waals surface area contributed by atoms with Gasteiger partial charge >= 0.3 is 6.03 Å². The number of aromatic amines is 1. The van der Waals surface area contributed by atoms with Crippen molar-refractivity contribution >= 4 is 33.7 Å². The first-order valence-electron chi connectivity index (χ1n) is 11.0. The van der Waals surface area contributed by atoms with E-state index >= 15 is 0 Å². The molecule has 2 unspecified atom stereocenters. The molecule has 34 heavy (non-hydrogen) atoms. The van der Waals surface area contributed by atoms with Crippen LogP contribution < -0.4 is 20.7 Å². The van der Waals surface area contributed by atoms with Crippen LogP contribution in [-0.2, 0) is 0 Å². The molecule has 1 saturated heterocycles. The van der Waals surface area contributed by atoms with Crippen molar-refractivity contribution < 1.29 is 18.3 Å². The third-order valence-electron chi connectivity index (χ3n) is 6.30. The van der Waals surface area contributed by atoms with Gasteiger partial charge in [0.05, 0.1) is 29.9 Å². The van der Waals surface area contributed by atoms with Crippen LogP contribution in [0, 0.1) is 18.6 Å². The number of H-pyrrole nitrogens is 1. The summed E-state index contributed by atoms with van der Waals surface area (Å²) in [5.41, 5.74) is 9.27. The summed E-state index contributed by atoms with van der Waals surface area (Å²) >= 11 is 0. The van der Waals surface area contributed by atoms with E-state index in [2.05, 4.69) is 25.2 Å². The van der Waals surface area contributed by atoms with E-state index in [1.165, 1.54) is 7.11 Å². The second-order valence-corrected chi connectivity index (χ2v) is 8.46. The van der Waals surface area contributed by atoms with E-state index in [-0.39, 0.29) is 29.0 Å². The molecule has 0 radical (unpaired) electrons. The molecule has 4 N–H and O–H groups in total. The van der Waals surface area contributed by atoms with Crippen LogP contribution in [0.15, 0.2) is 36.4 Å². The van der Waals surface area contributed by atoms with E-state index in [1.54, 1.807) is 0 Å². The molecule has 10 heteroatoms. The fourth-order valence-electron chi connectivity index (χ4n) is 4.87. The maximum absolute atomic E-state index is 14.0. The minimum absolute atomic E-state index is 0.192. The lowest BCUT2D eigenvalue weighted by molar-refractivity contribution is 0.240. The first-order valence-corrected chi connectivity index (χ1v) is 11.0. The Hall–Kier alpha value is -3.95. The molecule has 2 atom stereocenters. The number of rotatable bonds is 4. The largest absolute Gasteiger partial charge is 0.480 e.